The van der Waals surface area contributed by atoms with Crippen LogP contribution in [0.2, 0.25) is 0 Å². The highest BCUT2D eigenvalue weighted by Crippen LogP contribution is 2.20. The largest absolute Gasteiger partial charge is 0.473 e. The lowest BCUT2D eigenvalue weighted by molar-refractivity contribution is 0.142. The van der Waals surface area contributed by atoms with E-state index in [9.17, 15) is 4.79 Å². The number of carbonyl (C=O) groups is 1. The number of rotatable bonds is 4. The maximum absolute atomic E-state index is 11.0. The Morgan fingerprint density at radius 2 is 2.00 bits per heavy atom. The van der Waals surface area contributed by atoms with E-state index >= 15 is 0 Å². The van der Waals surface area contributed by atoms with Gasteiger partial charge in [0.05, 0.1) is 11.7 Å². The quantitative estimate of drug-likeness (QED) is 0.762. The zero-order valence-electron chi connectivity index (χ0n) is 15.1. The molecule has 0 unspecified atom stereocenters. The number of benzene rings is 1. The molecular formula is C19H21N5O3. The van der Waals surface area contributed by atoms with Crippen LogP contribution in [-0.2, 0) is 13.7 Å². The number of fused-ring (bicyclic) bond motifs is 1. The van der Waals surface area contributed by atoms with E-state index in [1.54, 1.807) is 0 Å². The molecule has 3 aromatic rings. The molecule has 3 heterocycles. The van der Waals surface area contributed by atoms with Crippen LogP contribution in [0.4, 0.5) is 10.6 Å². The van der Waals surface area contributed by atoms with Crippen LogP contribution in [0.3, 0.4) is 0 Å². The second-order valence-corrected chi connectivity index (χ2v) is 6.54. The van der Waals surface area contributed by atoms with Crippen LogP contribution in [0.15, 0.2) is 42.6 Å². The van der Waals surface area contributed by atoms with Crippen molar-refractivity contribution in [1.82, 2.24) is 19.7 Å². The molecule has 8 nitrogen and oxygen atoms in total. The number of ether oxygens (including phenoxy) is 1. The number of hydrogen-bond acceptors (Lipinski definition) is 5. The number of aryl methyl sites for hydroxylation is 1. The Balaban J connectivity index is 1.41. The summed E-state index contributed by atoms with van der Waals surface area (Å²) in [5, 5.41) is 14.4. The molecule has 0 bridgehead atoms. The average Bonchev–Trinajstić information content (AvgIpc) is 3.07. The monoisotopic (exact) mass is 367 g/mol. The van der Waals surface area contributed by atoms with Gasteiger partial charge < -0.3 is 19.6 Å². The number of nitrogens with zero attached hydrogens (tertiary/aromatic N) is 5. The van der Waals surface area contributed by atoms with Crippen molar-refractivity contribution in [3.63, 3.8) is 0 Å². The van der Waals surface area contributed by atoms with Gasteiger partial charge in [0, 0.05) is 44.7 Å². The SMILES string of the molecule is Cn1ncc2ccc(COc3cccc(N4CCN(C(=O)O)CC4)n3)cc21. The fourth-order valence-corrected chi connectivity index (χ4v) is 3.22. The van der Waals surface area contributed by atoms with Gasteiger partial charge in [-0.2, -0.15) is 10.1 Å². The van der Waals surface area contributed by atoms with Gasteiger partial charge in [0.25, 0.3) is 0 Å². The summed E-state index contributed by atoms with van der Waals surface area (Å²) < 4.78 is 7.72. The zero-order chi connectivity index (χ0) is 18.8. The van der Waals surface area contributed by atoms with E-state index < -0.39 is 6.09 Å². The number of amides is 1. The highest BCUT2D eigenvalue weighted by molar-refractivity contribution is 5.79. The third kappa shape index (κ3) is 3.64. The third-order valence-electron chi connectivity index (χ3n) is 4.78. The van der Waals surface area contributed by atoms with Gasteiger partial charge in [-0.1, -0.05) is 18.2 Å². The molecule has 0 atom stereocenters. The predicted octanol–water partition coefficient (Wildman–Crippen LogP) is 2.35. The van der Waals surface area contributed by atoms with Crippen molar-refractivity contribution in [2.75, 3.05) is 31.1 Å². The Labute approximate surface area is 156 Å². The molecule has 1 N–H and O–H groups in total. The van der Waals surface area contributed by atoms with Crippen LogP contribution in [0, 0.1) is 0 Å². The molecule has 1 amide bonds. The van der Waals surface area contributed by atoms with E-state index in [-0.39, 0.29) is 0 Å². The van der Waals surface area contributed by atoms with E-state index in [0.29, 0.717) is 38.7 Å². The lowest BCUT2D eigenvalue weighted by atomic mass is 10.2. The van der Waals surface area contributed by atoms with Crippen molar-refractivity contribution < 1.29 is 14.6 Å². The normalized spacial score (nSPS) is 14.6. The Bertz CT molecular complexity index is 963. The van der Waals surface area contributed by atoms with Gasteiger partial charge in [0.15, 0.2) is 0 Å². The van der Waals surface area contributed by atoms with Gasteiger partial charge in [0.2, 0.25) is 5.88 Å². The van der Waals surface area contributed by atoms with Crippen LogP contribution >= 0.6 is 0 Å². The maximum atomic E-state index is 11.0. The van der Waals surface area contributed by atoms with Crippen molar-refractivity contribution in [2.45, 2.75) is 6.61 Å². The standard InChI is InChI=1S/C19H21N5O3/c1-22-16-11-14(5-6-15(16)12-20-22)13-27-18-4-2-3-17(21-18)23-7-9-24(10-8-23)19(25)26/h2-6,11-12H,7-10,13H2,1H3,(H,25,26). The number of pyridine rings is 1. The molecule has 1 aliphatic heterocycles. The Morgan fingerprint density at radius 3 is 2.78 bits per heavy atom. The highest BCUT2D eigenvalue weighted by Gasteiger charge is 2.21. The van der Waals surface area contributed by atoms with Crippen molar-refractivity contribution in [2.24, 2.45) is 7.05 Å². The molecular weight excluding hydrogens is 346 g/mol. The maximum Gasteiger partial charge on any atom is 0.407 e. The minimum absolute atomic E-state index is 0.421. The van der Waals surface area contributed by atoms with Crippen LogP contribution in [-0.4, -0.2) is 57.0 Å². The first-order chi connectivity index (χ1) is 13.1. The summed E-state index contributed by atoms with van der Waals surface area (Å²) >= 11 is 0. The highest BCUT2D eigenvalue weighted by atomic mass is 16.5. The third-order valence-corrected chi connectivity index (χ3v) is 4.78. The fraction of sp³-hybridized carbons (Fsp3) is 0.316. The van der Waals surface area contributed by atoms with Gasteiger partial charge in [-0.25, -0.2) is 4.79 Å². The summed E-state index contributed by atoms with van der Waals surface area (Å²) in [6.45, 7) is 2.63. The van der Waals surface area contributed by atoms with Gasteiger partial charge in [-0.05, 0) is 17.7 Å². The Kier molecular flexibility index (Phi) is 4.53. The van der Waals surface area contributed by atoms with Crippen molar-refractivity contribution >= 4 is 22.8 Å². The fourth-order valence-electron chi connectivity index (χ4n) is 3.22. The van der Waals surface area contributed by atoms with Gasteiger partial charge in [0.1, 0.15) is 12.4 Å². The molecule has 0 radical (unpaired) electrons. The Morgan fingerprint density at radius 1 is 1.19 bits per heavy atom. The molecule has 2 aromatic heterocycles. The molecule has 0 aliphatic carbocycles. The minimum atomic E-state index is -0.870. The molecule has 27 heavy (non-hydrogen) atoms. The zero-order valence-corrected chi connectivity index (χ0v) is 15.1. The average molecular weight is 367 g/mol. The van der Waals surface area contributed by atoms with E-state index in [1.165, 1.54) is 4.90 Å². The lowest BCUT2D eigenvalue weighted by Gasteiger charge is -2.33. The van der Waals surface area contributed by atoms with E-state index in [0.717, 1.165) is 22.3 Å². The van der Waals surface area contributed by atoms with E-state index in [4.69, 9.17) is 9.84 Å². The van der Waals surface area contributed by atoms with Gasteiger partial charge >= 0.3 is 6.09 Å². The number of hydrogen-bond donors (Lipinski definition) is 1. The van der Waals surface area contributed by atoms with Gasteiger partial charge in [-0.15, -0.1) is 0 Å². The van der Waals surface area contributed by atoms with Crippen LogP contribution in [0.25, 0.3) is 10.9 Å². The molecule has 4 rings (SSSR count). The molecule has 1 aromatic carbocycles. The van der Waals surface area contributed by atoms with Crippen LogP contribution in [0.1, 0.15) is 5.56 Å². The number of carboxylic acid groups (broad SMARTS) is 1. The summed E-state index contributed by atoms with van der Waals surface area (Å²) in [5.41, 5.74) is 2.11. The summed E-state index contributed by atoms with van der Waals surface area (Å²) in [5.74, 6) is 1.36. The number of piperazine rings is 1. The number of anilines is 1. The topological polar surface area (TPSA) is 83.7 Å². The first-order valence-corrected chi connectivity index (χ1v) is 8.83. The number of aromatic nitrogens is 3. The predicted molar refractivity (Wildman–Crippen MR) is 101 cm³/mol. The minimum Gasteiger partial charge on any atom is -0.473 e. The van der Waals surface area contributed by atoms with Crippen molar-refractivity contribution in [3.8, 4) is 5.88 Å². The first kappa shape index (κ1) is 17.1. The lowest BCUT2D eigenvalue weighted by Crippen LogP contribution is -2.48. The summed E-state index contributed by atoms with van der Waals surface area (Å²) in [7, 11) is 1.92. The van der Waals surface area contributed by atoms with Crippen molar-refractivity contribution in [3.05, 3.63) is 48.2 Å². The van der Waals surface area contributed by atoms with E-state index in [2.05, 4.69) is 21.0 Å². The van der Waals surface area contributed by atoms with Crippen LogP contribution in [0.5, 0.6) is 5.88 Å². The Hall–Kier alpha value is -3.29. The van der Waals surface area contributed by atoms with Crippen LogP contribution < -0.4 is 9.64 Å². The first-order valence-electron chi connectivity index (χ1n) is 8.83. The molecule has 8 heteroatoms. The van der Waals surface area contributed by atoms with E-state index in [1.807, 2.05) is 48.3 Å². The second kappa shape index (κ2) is 7.14. The molecule has 1 saturated heterocycles. The summed E-state index contributed by atoms with van der Waals surface area (Å²) in [6, 6.07) is 11.8. The second-order valence-electron chi connectivity index (χ2n) is 6.54. The van der Waals surface area contributed by atoms with Gasteiger partial charge in [-0.3, -0.25) is 4.68 Å². The summed E-state index contributed by atoms with van der Waals surface area (Å²) in [4.78, 5) is 19.1. The smallest absolute Gasteiger partial charge is 0.407 e. The summed E-state index contributed by atoms with van der Waals surface area (Å²) in [6.07, 6.45) is 0.972. The molecule has 140 valence electrons. The molecule has 1 fully saturated rings. The van der Waals surface area contributed by atoms with Crippen molar-refractivity contribution in [1.29, 1.82) is 0 Å². The molecule has 0 saturated carbocycles. The molecule has 0 spiro atoms. The molecule has 1 aliphatic rings.